The van der Waals surface area contributed by atoms with Gasteiger partial charge in [-0.1, -0.05) is 15.9 Å². The molecule has 1 amide bonds. The molecule has 0 aromatic rings. The third-order valence-corrected chi connectivity index (χ3v) is 5.53. The van der Waals surface area contributed by atoms with E-state index in [0.717, 1.165) is 24.8 Å². The summed E-state index contributed by atoms with van der Waals surface area (Å²) in [5.74, 6) is 2.25. The number of halogens is 1. The highest BCUT2D eigenvalue weighted by atomic mass is 79.9. The monoisotopic (exact) mass is 291 g/mol. The lowest BCUT2D eigenvalue weighted by Gasteiger charge is -2.33. The summed E-state index contributed by atoms with van der Waals surface area (Å²) in [5.41, 5.74) is 0. The maximum atomic E-state index is 12.2. The van der Waals surface area contributed by atoms with Crippen molar-refractivity contribution in [3.63, 3.8) is 0 Å². The summed E-state index contributed by atoms with van der Waals surface area (Å²) in [6, 6.07) is 0. The lowest BCUT2D eigenvalue weighted by molar-refractivity contribution is -0.132. The van der Waals surface area contributed by atoms with Crippen molar-refractivity contribution >= 4 is 33.6 Å². The molecule has 0 spiro atoms. The number of hydrogen-bond acceptors (Lipinski definition) is 2. The van der Waals surface area contributed by atoms with Crippen molar-refractivity contribution in [2.24, 2.45) is 5.92 Å². The van der Waals surface area contributed by atoms with E-state index in [4.69, 9.17) is 0 Å². The Labute approximate surface area is 104 Å². The Morgan fingerprint density at radius 1 is 1.40 bits per heavy atom. The summed E-state index contributed by atoms with van der Waals surface area (Å²) in [7, 11) is 0. The second-order valence-corrected chi connectivity index (χ2v) is 6.41. The Balaban J connectivity index is 1.88. The molecular weight excluding hydrogens is 274 g/mol. The fourth-order valence-corrected chi connectivity index (χ4v) is 4.14. The van der Waals surface area contributed by atoms with Crippen LogP contribution in [0.2, 0.25) is 0 Å². The maximum Gasteiger partial charge on any atom is 0.235 e. The van der Waals surface area contributed by atoms with Gasteiger partial charge in [-0.05, 0) is 37.4 Å². The van der Waals surface area contributed by atoms with Crippen LogP contribution in [0.1, 0.15) is 25.7 Å². The standard InChI is InChI=1S/C11H18BrNOS/c12-7-9-3-1-5-13(8-9)11(14)10-4-2-6-15-10/h9-10H,1-8H2. The maximum absolute atomic E-state index is 12.2. The highest BCUT2D eigenvalue weighted by molar-refractivity contribution is 9.09. The molecule has 2 heterocycles. The molecule has 0 bridgehead atoms. The third kappa shape index (κ3) is 2.90. The number of hydrogen-bond donors (Lipinski definition) is 0. The van der Waals surface area contributed by atoms with Gasteiger partial charge < -0.3 is 4.90 Å². The van der Waals surface area contributed by atoms with E-state index >= 15 is 0 Å². The number of thioether (sulfide) groups is 1. The average molecular weight is 292 g/mol. The van der Waals surface area contributed by atoms with Crippen LogP contribution < -0.4 is 0 Å². The van der Waals surface area contributed by atoms with Gasteiger partial charge in [0.2, 0.25) is 5.91 Å². The molecule has 0 radical (unpaired) electrons. The first kappa shape index (κ1) is 11.8. The molecule has 2 atom stereocenters. The van der Waals surface area contributed by atoms with Gasteiger partial charge in [-0.2, -0.15) is 0 Å². The van der Waals surface area contributed by atoms with Gasteiger partial charge >= 0.3 is 0 Å². The van der Waals surface area contributed by atoms with E-state index in [1.807, 2.05) is 11.8 Å². The molecule has 86 valence electrons. The minimum Gasteiger partial charge on any atom is -0.341 e. The van der Waals surface area contributed by atoms with Crippen LogP contribution in [0.15, 0.2) is 0 Å². The normalized spacial score (nSPS) is 31.9. The number of nitrogens with zero attached hydrogens (tertiary/aromatic N) is 1. The molecule has 0 saturated carbocycles. The zero-order valence-electron chi connectivity index (χ0n) is 8.95. The minimum atomic E-state index is 0.277. The van der Waals surface area contributed by atoms with E-state index in [1.54, 1.807) is 0 Å². The van der Waals surface area contributed by atoms with Crippen molar-refractivity contribution in [3.05, 3.63) is 0 Å². The zero-order chi connectivity index (χ0) is 10.7. The Bertz CT molecular complexity index is 231. The largest absolute Gasteiger partial charge is 0.341 e. The molecule has 2 aliphatic heterocycles. The fraction of sp³-hybridized carbons (Fsp3) is 0.909. The van der Waals surface area contributed by atoms with Crippen LogP contribution >= 0.6 is 27.7 Å². The van der Waals surface area contributed by atoms with Gasteiger partial charge in [0.1, 0.15) is 0 Å². The number of likely N-dealkylation sites (tertiary alicyclic amines) is 1. The van der Waals surface area contributed by atoms with Crippen molar-refractivity contribution in [2.45, 2.75) is 30.9 Å². The van der Waals surface area contributed by atoms with Gasteiger partial charge in [0, 0.05) is 18.4 Å². The van der Waals surface area contributed by atoms with Crippen molar-refractivity contribution in [2.75, 3.05) is 24.2 Å². The van der Waals surface area contributed by atoms with Gasteiger partial charge in [-0.25, -0.2) is 0 Å². The van der Waals surface area contributed by atoms with E-state index in [-0.39, 0.29) is 5.25 Å². The predicted octanol–water partition coefficient (Wildman–Crippen LogP) is 2.52. The van der Waals surface area contributed by atoms with Gasteiger partial charge in [0.15, 0.2) is 0 Å². The van der Waals surface area contributed by atoms with Crippen molar-refractivity contribution in [1.29, 1.82) is 0 Å². The number of alkyl halides is 1. The second-order valence-electron chi connectivity index (χ2n) is 4.45. The van der Waals surface area contributed by atoms with Crippen molar-refractivity contribution in [1.82, 2.24) is 4.90 Å². The van der Waals surface area contributed by atoms with Gasteiger partial charge in [-0.15, -0.1) is 11.8 Å². The Hall–Kier alpha value is 0.300. The van der Waals surface area contributed by atoms with E-state index in [2.05, 4.69) is 20.8 Å². The number of carbonyl (C=O) groups excluding carboxylic acids is 1. The lowest BCUT2D eigenvalue weighted by atomic mass is 10.00. The van der Waals surface area contributed by atoms with E-state index in [0.29, 0.717) is 11.8 Å². The van der Waals surface area contributed by atoms with E-state index < -0.39 is 0 Å². The molecule has 2 nitrogen and oxygen atoms in total. The molecule has 2 fully saturated rings. The summed E-state index contributed by atoms with van der Waals surface area (Å²) in [5, 5.41) is 1.31. The van der Waals surface area contributed by atoms with E-state index in [9.17, 15) is 4.79 Å². The fourth-order valence-electron chi connectivity index (χ4n) is 2.37. The number of rotatable bonds is 2. The molecular formula is C11H18BrNOS. The molecule has 4 heteroatoms. The average Bonchev–Trinajstić information content (AvgIpc) is 2.81. The SMILES string of the molecule is O=C(C1CCCS1)N1CCCC(CBr)C1. The van der Waals surface area contributed by atoms with Gasteiger partial charge in [0.05, 0.1) is 5.25 Å². The van der Waals surface area contributed by atoms with Crippen molar-refractivity contribution < 1.29 is 4.79 Å². The Morgan fingerprint density at radius 2 is 2.27 bits per heavy atom. The third-order valence-electron chi connectivity index (χ3n) is 3.25. The molecule has 2 rings (SSSR count). The number of carbonyl (C=O) groups is 1. The van der Waals surface area contributed by atoms with Crippen LogP contribution in [-0.4, -0.2) is 40.2 Å². The van der Waals surface area contributed by atoms with Crippen LogP contribution in [0.25, 0.3) is 0 Å². The summed E-state index contributed by atoms with van der Waals surface area (Å²) < 4.78 is 0. The van der Waals surface area contributed by atoms with Crippen molar-refractivity contribution in [3.8, 4) is 0 Å². The van der Waals surface area contributed by atoms with Crippen LogP contribution in [0, 0.1) is 5.92 Å². The second kappa shape index (κ2) is 5.58. The topological polar surface area (TPSA) is 20.3 Å². The first-order valence-corrected chi connectivity index (χ1v) is 7.94. The Kier molecular flexibility index (Phi) is 4.38. The number of amides is 1. The molecule has 0 aliphatic carbocycles. The predicted molar refractivity (Wildman–Crippen MR) is 68.6 cm³/mol. The summed E-state index contributed by atoms with van der Waals surface area (Å²) in [6.07, 6.45) is 4.77. The zero-order valence-corrected chi connectivity index (χ0v) is 11.4. The molecule has 0 N–H and O–H groups in total. The molecule has 0 aromatic carbocycles. The molecule has 15 heavy (non-hydrogen) atoms. The first-order valence-electron chi connectivity index (χ1n) is 5.77. The molecule has 2 unspecified atom stereocenters. The summed E-state index contributed by atoms with van der Waals surface area (Å²) >= 11 is 5.38. The summed E-state index contributed by atoms with van der Waals surface area (Å²) in [6.45, 7) is 1.96. The highest BCUT2D eigenvalue weighted by Crippen LogP contribution is 2.29. The van der Waals surface area contributed by atoms with E-state index in [1.165, 1.54) is 25.0 Å². The van der Waals surface area contributed by atoms with Crippen LogP contribution in [0.5, 0.6) is 0 Å². The highest BCUT2D eigenvalue weighted by Gasteiger charge is 2.30. The summed E-state index contributed by atoms with van der Waals surface area (Å²) in [4.78, 5) is 14.2. The first-order chi connectivity index (χ1) is 7.31. The molecule has 2 aliphatic rings. The lowest BCUT2D eigenvalue weighted by Crippen LogP contribution is -2.43. The molecule has 2 saturated heterocycles. The smallest absolute Gasteiger partial charge is 0.235 e. The Morgan fingerprint density at radius 3 is 2.93 bits per heavy atom. The van der Waals surface area contributed by atoms with Crippen LogP contribution in [0.4, 0.5) is 0 Å². The van der Waals surface area contributed by atoms with Gasteiger partial charge in [-0.3, -0.25) is 4.79 Å². The molecule has 0 aromatic heterocycles. The number of piperidine rings is 1. The quantitative estimate of drug-likeness (QED) is 0.729. The van der Waals surface area contributed by atoms with Crippen LogP contribution in [0.3, 0.4) is 0 Å². The minimum absolute atomic E-state index is 0.277. The van der Waals surface area contributed by atoms with Gasteiger partial charge in [0.25, 0.3) is 0 Å². The van der Waals surface area contributed by atoms with Crippen LogP contribution in [-0.2, 0) is 4.79 Å².